The van der Waals surface area contributed by atoms with Gasteiger partial charge in [0, 0.05) is 6.20 Å². The second-order valence-electron chi connectivity index (χ2n) is 6.28. The van der Waals surface area contributed by atoms with Gasteiger partial charge in [0.25, 0.3) is 0 Å². The number of hydrogen-bond donors (Lipinski definition) is 2. The fourth-order valence-electron chi connectivity index (χ4n) is 3.68. The Balaban J connectivity index is 1.86. The van der Waals surface area contributed by atoms with E-state index in [1.807, 2.05) is 6.07 Å². The summed E-state index contributed by atoms with van der Waals surface area (Å²) in [5.41, 5.74) is 7.24. The predicted octanol–water partition coefficient (Wildman–Crippen LogP) is 2.16. The molecule has 0 amide bonds. The van der Waals surface area contributed by atoms with Crippen molar-refractivity contribution in [2.75, 3.05) is 5.73 Å². The highest BCUT2D eigenvalue weighted by molar-refractivity contribution is 5.43. The Labute approximate surface area is 113 Å². The van der Waals surface area contributed by atoms with E-state index in [4.69, 9.17) is 5.73 Å². The zero-order valence-corrected chi connectivity index (χ0v) is 11.0. The van der Waals surface area contributed by atoms with Crippen LogP contribution in [0.2, 0.25) is 0 Å². The number of pyridine rings is 1. The van der Waals surface area contributed by atoms with Crippen molar-refractivity contribution in [3.05, 3.63) is 23.4 Å². The number of nitrogen functional groups attached to an aromatic ring is 1. The monoisotopic (exact) mass is 257 g/mol. The lowest BCUT2D eigenvalue weighted by Crippen LogP contribution is -2.46. The Morgan fingerprint density at radius 1 is 1.26 bits per heavy atom. The second kappa shape index (κ2) is 4.21. The van der Waals surface area contributed by atoms with Gasteiger partial charge in [-0.3, -0.25) is 0 Å². The molecule has 3 aliphatic rings. The van der Waals surface area contributed by atoms with Gasteiger partial charge in [0.05, 0.1) is 11.2 Å². The minimum Gasteiger partial charge on any atom is -0.390 e. The number of nitrogens with two attached hydrogens (primary N) is 1. The molecule has 4 heteroatoms. The standard InChI is InChI=1S/C15H19N3O/c16-9-12-10-18-13(17)7-11(12)8-14-1-4-15(19,5-2-14)6-3-14/h7,10,19H,1-6,8H2,(H2,17,18). The number of fused-ring (bicyclic) bond motifs is 3. The van der Waals surface area contributed by atoms with Crippen molar-refractivity contribution >= 4 is 5.82 Å². The van der Waals surface area contributed by atoms with Crippen LogP contribution in [0.5, 0.6) is 0 Å². The molecule has 0 aromatic carbocycles. The summed E-state index contributed by atoms with van der Waals surface area (Å²) in [5.74, 6) is 0.480. The molecule has 1 aromatic rings. The van der Waals surface area contributed by atoms with Crippen LogP contribution in [0.3, 0.4) is 0 Å². The SMILES string of the molecule is N#Cc1cnc(N)cc1CC12CCC(O)(CC1)CC2. The Kier molecular flexibility index (Phi) is 2.75. The molecule has 3 saturated carbocycles. The molecule has 19 heavy (non-hydrogen) atoms. The Hall–Kier alpha value is -1.60. The van der Waals surface area contributed by atoms with Crippen molar-refractivity contribution < 1.29 is 5.11 Å². The maximum absolute atomic E-state index is 10.3. The van der Waals surface area contributed by atoms with Crippen LogP contribution in [0, 0.1) is 16.7 Å². The molecule has 3 fully saturated rings. The van der Waals surface area contributed by atoms with E-state index in [2.05, 4.69) is 11.1 Å². The largest absolute Gasteiger partial charge is 0.390 e. The second-order valence-corrected chi connectivity index (χ2v) is 6.28. The zero-order valence-electron chi connectivity index (χ0n) is 11.0. The normalized spacial score (nSPS) is 33.1. The van der Waals surface area contributed by atoms with Crippen LogP contribution in [0.15, 0.2) is 12.3 Å². The summed E-state index contributed by atoms with van der Waals surface area (Å²) >= 11 is 0. The maximum Gasteiger partial charge on any atom is 0.123 e. The van der Waals surface area contributed by atoms with Crippen LogP contribution in [0.25, 0.3) is 0 Å². The molecule has 1 aromatic heterocycles. The van der Waals surface area contributed by atoms with Gasteiger partial charge in [-0.15, -0.1) is 0 Å². The molecule has 0 aliphatic heterocycles. The van der Waals surface area contributed by atoms with Crippen molar-refractivity contribution in [3.8, 4) is 6.07 Å². The molecular formula is C15H19N3O. The maximum atomic E-state index is 10.3. The highest BCUT2D eigenvalue weighted by atomic mass is 16.3. The van der Waals surface area contributed by atoms with Crippen LogP contribution >= 0.6 is 0 Å². The van der Waals surface area contributed by atoms with Gasteiger partial charge in [-0.1, -0.05) is 0 Å². The fraction of sp³-hybridized carbons (Fsp3) is 0.600. The van der Waals surface area contributed by atoms with Crippen LogP contribution in [0.4, 0.5) is 5.82 Å². The van der Waals surface area contributed by atoms with E-state index in [0.717, 1.165) is 50.5 Å². The molecule has 4 nitrogen and oxygen atoms in total. The topological polar surface area (TPSA) is 82.9 Å². The number of hydrogen-bond acceptors (Lipinski definition) is 4. The predicted molar refractivity (Wildman–Crippen MR) is 72.2 cm³/mol. The van der Waals surface area contributed by atoms with Crippen LogP contribution < -0.4 is 5.73 Å². The number of nitrogens with zero attached hydrogens (tertiary/aromatic N) is 2. The lowest BCUT2D eigenvalue weighted by atomic mass is 9.57. The minimum atomic E-state index is -0.406. The quantitative estimate of drug-likeness (QED) is 0.850. The van der Waals surface area contributed by atoms with Gasteiger partial charge < -0.3 is 10.8 Å². The van der Waals surface area contributed by atoms with E-state index in [9.17, 15) is 10.4 Å². The molecule has 0 atom stereocenters. The van der Waals surface area contributed by atoms with Crippen LogP contribution in [-0.2, 0) is 6.42 Å². The molecule has 0 spiro atoms. The van der Waals surface area contributed by atoms with E-state index in [0.29, 0.717) is 11.4 Å². The Morgan fingerprint density at radius 2 is 1.89 bits per heavy atom. The average Bonchev–Trinajstić information content (AvgIpc) is 2.41. The lowest BCUT2D eigenvalue weighted by molar-refractivity contribution is -0.0915. The first-order valence-corrected chi connectivity index (χ1v) is 6.91. The Bertz CT molecular complexity index is 522. The van der Waals surface area contributed by atoms with Gasteiger partial charge >= 0.3 is 0 Å². The number of anilines is 1. The molecule has 1 heterocycles. The molecule has 0 radical (unpaired) electrons. The first-order chi connectivity index (χ1) is 9.04. The van der Waals surface area contributed by atoms with Gasteiger partial charge in [0.1, 0.15) is 11.9 Å². The van der Waals surface area contributed by atoms with Crippen molar-refractivity contribution in [3.63, 3.8) is 0 Å². The van der Waals surface area contributed by atoms with E-state index in [-0.39, 0.29) is 5.41 Å². The fourth-order valence-corrected chi connectivity index (χ4v) is 3.68. The van der Waals surface area contributed by atoms with Gasteiger partial charge in [0.15, 0.2) is 0 Å². The highest BCUT2D eigenvalue weighted by Crippen LogP contribution is 2.53. The molecule has 2 bridgehead atoms. The summed E-state index contributed by atoms with van der Waals surface area (Å²) in [6.07, 6.45) is 8.31. The van der Waals surface area contributed by atoms with E-state index < -0.39 is 5.60 Å². The van der Waals surface area contributed by atoms with Crippen LogP contribution in [-0.4, -0.2) is 15.7 Å². The van der Waals surface area contributed by atoms with Gasteiger partial charge in [-0.25, -0.2) is 4.98 Å². The van der Waals surface area contributed by atoms with Crippen molar-refractivity contribution in [1.82, 2.24) is 4.98 Å². The first kappa shape index (κ1) is 12.4. The summed E-state index contributed by atoms with van der Waals surface area (Å²) in [7, 11) is 0. The molecule has 0 saturated heterocycles. The molecule has 0 unspecified atom stereocenters. The van der Waals surface area contributed by atoms with E-state index in [1.165, 1.54) is 0 Å². The highest BCUT2D eigenvalue weighted by Gasteiger charge is 2.47. The van der Waals surface area contributed by atoms with Crippen LogP contribution in [0.1, 0.15) is 49.7 Å². The first-order valence-electron chi connectivity index (χ1n) is 6.91. The number of rotatable bonds is 2. The molecule has 100 valence electrons. The third-order valence-corrected chi connectivity index (χ3v) is 5.06. The van der Waals surface area contributed by atoms with Gasteiger partial charge in [0.2, 0.25) is 0 Å². The molecule has 4 rings (SSSR count). The van der Waals surface area contributed by atoms with E-state index in [1.54, 1.807) is 6.20 Å². The number of aliphatic hydroxyl groups is 1. The van der Waals surface area contributed by atoms with Crippen molar-refractivity contribution in [1.29, 1.82) is 5.26 Å². The van der Waals surface area contributed by atoms with E-state index >= 15 is 0 Å². The Morgan fingerprint density at radius 3 is 2.47 bits per heavy atom. The van der Waals surface area contributed by atoms with Gasteiger partial charge in [-0.2, -0.15) is 5.26 Å². The molecule has 3 N–H and O–H groups in total. The summed E-state index contributed by atoms with van der Waals surface area (Å²) in [5, 5.41) is 19.4. The third-order valence-electron chi connectivity index (χ3n) is 5.06. The van der Waals surface area contributed by atoms with Gasteiger partial charge in [-0.05, 0) is 62.0 Å². The lowest BCUT2D eigenvalue weighted by Gasteiger charge is -2.51. The summed E-state index contributed by atoms with van der Waals surface area (Å²) in [6.45, 7) is 0. The van der Waals surface area contributed by atoms with Crippen molar-refractivity contribution in [2.45, 2.75) is 50.5 Å². The smallest absolute Gasteiger partial charge is 0.123 e. The third kappa shape index (κ3) is 2.19. The summed E-state index contributed by atoms with van der Waals surface area (Å²) in [4.78, 5) is 3.99. The number of nitriles is 1. The summed E-state index contributed by atoms with van der Waals surface area (Å²) in [6, 6.07) is 4.04. The average molecular weight is 257 g/mol. The van der Waals surface area contributed by atoms with Crippen molar-refractivity contribution in [2.24, 2.45) is 5.41 Å². The minimum absolute atomic E-state index is 0.254. The zero-order chi connectivity index (χ0) is 13.5. The molecule has 3 aliphatic carbocycles. The summed E-state index contributed by atoms with van der Waals surface area (Å²) < 4.78 is 0. The molecular weight excluding hydrogens is 238 g/mol. The number of aromatic nitrogens is 1.